The number of aryl methyl sites for hydroxylation is 1. The minimum Gasteiger partial charge on any atom is -0.332 e. The number of amides is 2. The molecule has 0 atom stereocenters. The van der Waals surface area contributed by atoms with Crippen molar-refractivity contribution in [2.45, 2.75) is 13.3 Å². The Bertz CT molecular complexity index is 1540. The van der Waals surface area contributed by atoms with Crippen LogP contribution in [0.15, 0.2) is 102 Å². The predicted octanol–water partition coefficient (Wildman–Crippen LogP) is 5.01. The molecule has 0 aliphatic heterocycles. The fourth-order valence-corrected chi connectivity index (χ4v) is 5.45. The van der Waals surface area contributed by atoms with Crippen LogP contribution in [0.4, 0.5) is 16.5 Å². The van der Waals surface area contributed by atoms with Crippen molar-refractivity contribution in [1.29, 1.82) is 0 Å². The van der Waals surface area contributed by atoms with Crippen molar-refractivity contribution < 1.29 is 18.0 Å². The van der Waals surface area contributed by atoms with E-state index in [0.29, 0.717) is 16.5 Å². The number of nitrogens with one attached hydrogen (secondary N) is 2. The number of aromatic nitrogens is 1. The molecule has 0 unspecified atom stereocenters. The number of carbonyl (C=O) groups excluding carboxylic acids is 2. The lowest BCUT2D eigenvalue weighted by molar-refractivity contribution is -0.121. The van der Waals surface area contributed by atoms with E-state index >= 15 is 0 Å². The molecule has 10 heteroatoms. The Balaban J connectivity index is 1.60. The van der Waals surface area contributed by atoms with Crippen LogP contribution in [0.25, 0.3) is 6.08 Å². The van der Waals surface area contributed by atoms with Gasteiger partial charge in [0, 0.05) is 23.3 Å². The van der Waals surface area contributed by atoms with E-state index in [0.717, 1.165) is 11.3 Å². The van der Waals surface area contributed by atoms with Crippen LogP contribution in [0.5, 0.6) is 0 Å². The summed E-state index contributed by atoms with van der Waals surface area (Å²) in [5.41, 5.74) is 2.26. The lowest BCUT2D eigenvalue weighted by Gasteiger charge is -2.22. The highest BCUT2D eigenvalue weighted by Gasteiger charge is 2.27. The molecule has 1 aromatic heterocycles. The number of carbonyl (C=O) groups is 2. The van der Waals surface area contributed by atoms with Gasteiger partial charge >= 0.3 is 0 Å². The number of para-hydroxylation sites is 2. The molecule has 0 aliphatic rings. The summed E-state index contributed by atoms with van der Waals surface area (Å²) in [5, 5.41) is 5.42. The number of sulfonamides is 1. The van der Waals surface area contributed by atoms with Gasteiger partial charge in [0.25, 0.3) is 11.8 Å². The van der Waals surface area contributed by atoms with Gasteiger partial charge in [0.1, 0.15) is 5.57 Å². The Labute approximate surface area is 232 Å². The van der Waals surface area contributed by atoms with Crippen molar-refractivity contribution in [3.63, 3.8) is 0 Å². The highest BCUT2D eigenvalue weighted by Crippen LogP contribution is 2.23. The Hall–Kier alpha value is -4.28. The number of thiazole rings is 1. The normalized spacial score (nSPS) is 11.6. The lowest BCUT2D eigenvalue weighted by atomic mass is 10.1. The maximum Gasteiger partial charge on any atom is 0.270 e. The van der Waals surface area contributed by atoms with Crippen LogP contribution in [0.1, 0.15) is 18.2 Å². The van der Waals surface area contributed by atoms with E-state index in [1.807, 2.05) is 66.7 Å². The third-order valence-corrected chi connectivity index (χ3v) is 7.71. The Kier molecular flexibility index (Phi) is 9.24. The molecule has 4 aromatic rings. The zero-order valence-electron chi connectivity index (χ0n) is 21.3. The van der Waals surface area contributed by atoms with E-state index in [-0.39, 0.29) is 24.3 Å². The van der Waals surface area contributed by atoms with Crippen LogP contribution < -0.4 is 14.9 Å². The van der Waals surface area contributed by atoms with Gasteiger partial charge in [-0.05, 0) is 49.2 Å². The second-order valence-corrected chi connectivity index (χ2v) is 11.2. The summed E-state index contributed by atoms with van der Waals surface area (Å²) in [6, 6.07) is 27.4. The van der Waals surface area contributed by atoms with Crippen LogP contribution in [0.3, 0.4) is 0 Å². The average molecular weight is 561 g/mol. The van der Waals surface area contributed by atoms with Gasteiger partial charge in [-0.3, -0.25) is 9.59 Å². The van der Waals surface area contributed by atoms with Gasteiger partial charge < -0.3 is 10.2 Å². The van der Waals surface area contributed by atoms with Crippen LogP contribution in [-0.4, -0.2) is 37.5 Å². The molecule has 3 aromatic carbocycles. The number of nitrogens with zero attached hydrogens (tertiary/aromatic N) is 2. The molecule has 0 spiro atoms. The molecule has 2 N–H and O–H groups in total. The standard InChI is InChI=1S/C29H28N4O4S2/c1-2-33(25-16-10-5-11-17-25)28(35)26(20-24-21-38-29(31-24)30-23-14-8-4-9-15-23)27(34)32-39(36,37)19-18-22-12-6-3-7-13-22/h3-17,20-21H,2,18-19H2,1H3,(H,30,31)(H,32,34). The number of hydrogen-bond donors (Lipinski definition) is 2. The molecule has 0 saturated heterocycles. The van der Waals surface area contributed by atoms with Gasteiger partial charge in [-0.15, -0.1) is 11.3 Å². The van der Waals surface area contributed by atoms with E-state index in [1.54, 1.807) is 36.6 Å². The maximum absolute atomic E-state index is 13.6. The smallest absolute Gasteiger partial charge is 0.270 e. The van der Waals surface area contributed by atoms with Crippen molar-refractivity contribution in [1.82, 2.24) is 9.71 Å². The van der Waals surface area contributed by atoms with Gasteiger partial charge in [0.15, 0.2) is 5.13 Å². The summed E-state index contributed by atoms with van der Waals surface area (Å²) in [6.45, 7) is 2.05. The highest BCUT2D eigenvalue weighted by molar-refractivity contribution is 7.90. The van der Waals surface area contributed by atoms with Gasteiger partial charge in [0.2, 0.25) is 10.0 Å². The summed E-state index contributed by atoms with van der Waals surface area (Å²) in [7, 11) is -4.02. The average Bonchev–Trinajstić information content (AvgIpc) is 3.39. The first-order valence-corrected chi connectivity index (χ1v) is 14.8. The lowest BCUT2D eigenvalue weighted by Crippen LogP contribution is -2.41. The second kappa shape index (κ2) is 13.0. The first-order chi connectivity index (χ1) is 18.8. The third kappa shape index (κ3) is 7.86. The molecule has 0 aliphatic carbocycles. The predicted molar refractivity (Wildman–Crippen MR) is 156 cm³/mol. The van der Waals surface area contributed by atoms with Crippen molar-refractivity contribution in [3.8, 4) is 0 Å². The first kappa shape index (κ1) is 27.7. The van der Waals surface area contributed by atoms with E-state index in [2.05, 4.69) is 15.0 Å². The summed E-state index contributed by atoms with van der Waals surface area (Å²) in [5.74, 6) is -1.94. The van der Waals surface area contributed by atoms with Crippen molar-refractivity contribution in [2.24, 2.45) is 0 Å². The molecule has 0 fully saturated rings. The van der Waals surface area contributed by atoms with E-state index < -0.39 is 21.8 Å². The number of benzene rings is 3. The van der Waals surface area contributed by atoms with E-state index in [4.69, 9.17) is 0 Å². The SMILES string of the molecule is CCN(C(=O)C(=Cc1csc(Nc2ccccc2)n1)C(=O)NS(=O)(=O)CCc1ccccc1)c1ccccc1. The van der Waals surface area contributed by atoms with Crippen LogP contribution >= 0.6 is 11.3 Å². The molecular weight excluding hydrogens is 532 g/mol. The van der Waals surface area contributed by atoms with E-state index in [1.165, 1.54) is 22.3 Å². The van der Waals surface area contributed by atoms with Crippen molar-refractivity contribution in [3.05, 3.63) is 113 Å². The fourth-order valence-electron chi connectivity index (χ4n) is 3.77. The Morgan fingerprint density at radius 2 is 1.54 bits per heavy atom. The second-order valence-electron chi connectivity index (χ2n) is 8.50. The van der Waals surface area contributed by atoms with Gasteiger partial charge in [0.05, 0.1) is 11.4 Å². The molecule has 200 valence electrons. The number of rotatable bonds is 11. The third-order valence-electron chi connectivity index (χ3n) is 5.69. The van der Waals surface area contributed by atoms with Crippen LogP contribution in [-0.2, 0) is 26.0 Å². The zero-order chi connectivity index (χ0) is 27.7. The molecule has 1 heterocycles. The monoisotopic (exact) mass is 560 g/mol. The molecule has 0 saturated carbocycles. The quantitative estimate of drug-likeness (QED) is 0.152. The largest absolute Gasteiger partial charge is 0.332 e. The molecule has 0 bridgehead atoms. The van der Waals surface area contributed by atoms with Crippen molar-refractivity contribution >= 4 is 55.8 Å². The summed E-state index contributed by atoms with van der Waals surface area (Å²) >= 11 is 1.30. The molecular formula is C29H28N4O4S2. The number of likely N-dealkylation sites (N-methyl/N-ethyl adjacent to an activating group) is 1. The maximum atomic E-state index is 13.6. The van der Waals surface area contributed by atoms with Gasteiger partial charge in [-0.2, -0.15) is 0 Å². The summed E-state index contributed by atoms with van der Waals surface area (Å²) in [6.07, 6.45) is 1.55. The first-order valence-electron chi connectivity index (χ1n) is 12.3. The zero-order valence-corrected chi connectivity index (χ0v) is 22.9. The minimum atomic E-state index is -4.02. The molecule has 4 rings (SSSR count). The summed E-state index contributed by atoms with van der Waals surface area (Å²) < 4.78 is 27.7. The summed E-state index contributed by atoms with van der Waals surface area (Å²) in [4.78, 5) is 32.9. The topological polar surface area (TPSA) is 108 Å². The Morgan fingerprint density at radius 3 is 2.18 bits per heavy atom. The van der Waals surface area contributed by atoms with Gasteiger partial charge in [-0.25, -0.2) is 18.1 Å². The van der Waals surface area contributed by atoms with Gasteiger partial charge in [-0.1, -0.05) is 66.7 Å². The molecule has 2 amide bonds. The molecule has 39 heavy (non-hydrogen) atoms. The highest BCUT2D eigenvalue weighted by atomic mass is 32.2. The van der Waals surface area contributed by atoms with Crippen LogP contribution in [0, 0.1) is 0 Å². The number of hydrogen-bond acceptors (Lipinski definition) is 7. The van der Waals surface area contributed by atoms with E-state index in [9.17, 15) is 18.0 Å². The minimum absolute atomic E-state index is 0.224. The molecule has 0 radical (unpaired) electrons. The Morgan fingerprint density at radius 1 is 0.923 bits per heavy atom. The number of anilines is 3. The van der Waals surface area contributed by atoms with Crippen molar-refractivity contribution in [2.75, 3.05) is 22.5 Å². The van der Waals surface area contributed by atoms with Crippen LogP contribution in [0.2, 0.25) is 0 Å². The molecule has 8 nitrogen and oxygen atoms in total. The fraction of sp³-hybridized carbons (Fsp3) is 0.138.